The van der Waals surface area contributed by atoms with Crippen LogP contribution in [-0.2, 0) is 0 Å². The van der Waals surface area contributed by atoms with E-state index < -0.39 is 0 Å². The van der Waals surface area contributed by atoms with Crippen molar-refractivity contribution in [3.05, 3.63) is 12.7 Å². The van der Waals surface area contributed by atoms with Gasteiger partial charge >= 0.3 is 0 Å². The number of aromatic nitrogens is 3. The van der Waals surface area contributed by atoms with E-state index in [1.54, 1.807) is 17.2 Å². The second-order valence-corrected chi connectivity index (χ2v) is 2.00. The molecular weight excluding hydrogens is 130 g/mol. The summed E-state index contributed by atoms with van der Waals surface area (Å²) in [7, 11) is 0. The molecule has 0 saturated heterocycles. The standard InChI is InChI=1S/C5H7N5/c1-2-7-5(6-1)10-3-8-9-4-10/h3-4H,1-2H2,(H,6,7). The molecule has 2 heterocycles. The third-order valence-corrected chi connectivity index (χ3v) is 1.32. The number of hydrogen-bond donors (Lipinski definition) is 1. The van der Waals surface area contributed by atoms with E-state index in [-0.39, 0.29) is 0 Å². The summed E-state index contributed by atoms with van der Waals surface area (Å²) in [6, 6.07) is 0. The number of rotatable bonds is 0. The summed E-state index contributed by atoms with van der Waals surface area (Å²) >= 11 is 0. The Morgan fingerprint density at radius 1 is 1.40 bits per heavy atom. The molecule has 0 amide bonds. The van der Waals surface area contributed by atoms with E-state index in [0.29, 0.717) is 0 Å². The van der Waals surface area contributed by atoms with Crippen molar-refractivity contribution in [3.63, 3.8) is 0 Å². The van der Waals surface area contributed by atoms with Crippen LogP contribution in [0.4, 0.5) is 0 Å². The van der Waals surface area contributed by atoms with Crippen LogP contribution in [0.3, 0.4) is 0 Å². The minimum atomic E-state index is 0.838. The summed E-state index contributed by atoms with van der Waals surface area (Å²) in [4.78, 5) is 4.17. The highest BCUT2D eigenvalue weighted by atomic mass is 15.3. The van der Waals surface area contributed by atoms with Gasteiger partial charge in [0.15, 0.2) is 0 Å². The largest absolute Gasteiger partial charge is 0.354 e. The molecule has 1 aromatic rings. The quantitative estimate of drug-likeness (QED) is 0.503. The Hall–Kier alpha value is -1.39. The van der Waals surface area contributed by atoms with Gasteiger partial charge in [-0.15, -0.1) is 10.2 Å². The molecule has 0 saturated carbocycles. The smallest absolute Gasteiger partial charge is 0.204 e. The second kappa shape index (κ2) is 2.09. The normalized spacial score (nSPS) is 16.6. The molecule has 2 rings (SSSR count). The van der Waals surface area contributed by atoms with Crippen LogP contribution in [0.2, 0.25) is 0 Å². The predicted octanol–water partition coefficient (Wildman–Crippen LogP) is -0.915. The lowest BCUT2D eigenvalue weighted by Crippen LogP contribution is -2.24. The van der Waals surface area contributed by atoms with E-state index in [1.165, 1.54) is 0 Å². The molecule has 10 heavy (non-hydrogen) atoms. The van der Waals surface area contributed by atoms with E-state index in [0.717, 1.165) is 19.0 Å². The molecule has 0 bridgehead atoms. The van der Waals surface area contributed by atoms with Gasteiger partial charge in [0.1, 0.15) is 12.7 Å². The molecule has 5 heteroatoms. The maximum absolute atomic E-state index is 4.17. The lowest BCUT2D eigenvalue weighted by atomic mass is 10.7. The van der Waals surface area contributed by atoms with E-state index in [4.69, 9.17) is 0 Å². The van der Waals surface area contributed by atoms with Gasteiger partial charge in [-0.05, 0) is 0 Å². The molecule has 1 N–H and O–H groups in total. The van der Waals surface area contributed by atoms with E-state index >= 15 is 0 Å². The summed E-state index contributed by atoms with van der Waals surface area (Å²) in [6.07, 6.45) is 3.24. The molecular formula is C5H7N5. The Morgan fingerprint density at radius 3 is 2.80 bits per heavy atom. The summed E-state index contributed by atoms with van der Waals surface area (Å²) in [6.45, 7) is 1.75. The van der Waals surface area contributed by atoms with Crippen molar-refractivity contribution < 1.29 is 0 Å². The number of hydrogen-bond acceptors (Lipinski definition) is 4. The van der Waals surface area contributed by atoms with Crippen molar-refractivity contribution in [1.29, 1.82) is 0 Å². The monoisotopic (exact) mass is 137 g/mol. The molecule has 5 nitrogen and oxygen atoms in total. The Balaban J connectivity index is 2.28. The lowest BCUT2D eigenvalue weighted by Gasteiger charge is -1.98. The highest BCUT2D eigenvalue weighted by molar-refractivity contribution is 5.83. The average molecular weight is 137 g/mol. The minimum absolute atomic E-state index is 0.838. The zero-order chi connectivity index (χ0) is 6.81. The minimum Gasteiger partial charge on any atom is -0.354 e. The van der Waals surface area contributed by atoms with Crippen LogP contribution in [0.1, 0.15) is 0 Å². The molecule has 0 atom stereocenters. The SMILES string of the molecule is c1nncn1C1=NCCN1. The van der Waals surface area contributed by atoms with Crippen molar-refractivity contribution in [1.82, 2.24) is 20.1 Å². The molecule has 52 valence electrons. The summed E-state index contributed by atoms with van der Waals surface area (Å²) < 4.78 is 1.76. The Morgan fingerprint density at radius 2 is 2.20 bits per heavy atom. The van der Waals surface area contributed by atoms with E-state index in [2.05, 4.69) is 20.5 Å². The summed E-state index contributed by atoms with van der Waals surface area (Å²) in [5, 5.41) is 10.4. The fourth-order valence-electron chi connectivity index (χ4n) is 0.868. The predicted molar refractivity (Wildman–Crippen MR) is 35.7 cm³/mol. The average Bonchev–Trinajstić information content (AvgIpc) is 2.59. The lowest BCUT2D eigenvalue weighted by molar-refractivity contribution is 0.937. The molecule has 1 aliphatic rings. The van der Waals surface area contributed by atoms with Gasteiger partial charge < -0.3 is 5.32 Å². The van der Waals surface area contributed by atoms with Gasteiger partial charge in [-0.25, -0.2) is 0 Å². The molecule has 0 spiro atoms. The first-order valence-corrected chi connectivity index (χ1v) is 3.10. The third-order valence-electron chi connectivity index (χ3n) is 1.32. The van der Waals surface area contributed by atoms with Gasteiger partial charge in [-0.2, -0.15) is 0 Å². The van der Waals surface area contributed by atoms with Crippen LogP contribution >= 0.6 is 0 Å². The zero-order valence-corrected chi connectivity index (χ0v) is 5.36. The van der Waals surface area contributed by atoms with Gasteiger partial charge in [-0.1, -0.05) is 0 Å². The van der Waals surface area contributed by atoms with Gasteiger partial charge in [0.2, 0.25) is 5.96 Å². The number of nitrogens with zero attached hydrogens (tertiary/aromatic N) is 4. The van der Waals surface area contributed by atoms with Gasteiger partial charge in [0.05, 0.1) is 6.54 Å². The first-order chi connectivity index (χ1) is 4.97. The Kier molecular flexibility index (Phi) is 1.13. The molecule has 1 aromatic heterocycles. The molecule has 0 aliphatic carbocycles. The van der Waals surface area contributed by atoms with Crippen molar-refractivity contribution in [2.24, 2.45) is 4.99 Å². The van der Waals surface area contributed by atoms with Crippen molar-refractivity contribution in [2.75, 3.05) is 13.1 Å². The highest BCUT2D eigenvalue weighted by Gasteiger charge is 2.05. The van der Waals surface area contributed by atoms with E-state index in [9.17, 15) is 0 Å². The second-order valence-electron chi connectivity index (χ2n) is 2.00. The van der Waals surface area contributed by atoms with Crippen molar-refractivity contribution in [2.45, 2.75) is 0 Å². The molecule has 0 aromatic carbocycles. The van der Waals surface area contributed by atoms with Crippen LogP contribution < -0.4 is 5.32 Å². The van der Waals surface area contributed by atoms with Crippen LogP contribution in [0.15, 0.2) is 17.6 Å². The summed E-state index contributed by atoms with van der Waals surface area (Å²) in [5.74, 6) is 0.838. The third kappa shape index (κ3) is 0.754. The van der Waals surface area contributed by atoms with E-state index in [1.807, 2.05) is 0 Å². The van der Waals surface area contributed by atoms with Gasteiger partial charge in [0, 0.05) is 6.54 Å². The Bertz CT molecular complexity index is 237. The van der Waals surface area contributed by atoms with Gasteiger partial charge in [0.25, 0.3) is 0 Å². The first-order valence-electron chi connectivity index (χ1n) is 3.10. The van der Waals surface area contributed by atoms with Gasteiger partial charge in [-0.3, -0.25) is 9.56 Å². The topological polar surface area (TPSA) is 55.1 Å². The summed E-state index contributed by atoms with van der Waals surface area (Å²) in [5.41, 5.74) is 0. The maximum atomic E-state index is 4.17. The number of nitrogens with one attached hydrogen (secondary N) is 1. The van der Waals surface area contributed by atoms with Crippen LogP contribution in [0, 0.1) is 0 Å². The van der Waals surface area contributed by atoms with Crippen LogP contribution in [0.5, 0.6) is 0 Å². The Labute approximate surface area is 57.8 Å². The zero-order valence-electron chi connectivity index (χ0n) is 5.36. The van der Waals surface area contributed by atoms with Crippen molar-refractivity contribution in [3.8, 4) is 0 Å². The molecule has 0 fully saturated rings. The van der Waals surface area contributed by atoms with Crippen LogP contribution in [0.25, 0.3) is 0 Å². The fourth-order valence-corrected chi connectivity index (χ4v) is 0.868. The highest BCUT2D eigenvalue weighted by Crippen LogP contribution is 1.88. The van der Waals surface area contributed by atoms with Crippen molar-refractivity contribution >= 4 is 5.96 Å². The first kappa shape index (κ1) is 5.40. The molecule has 1 aliphatic heterocycles. The molecule has 0 radical (unpaired) electrons. The molecule has 0 unspecified atom stereocenters. The van der Waals surface area contributed by atoms with Crippen LogP contribution in [-0.4, -0.2) is 33.8 Å². The number of aliphatic imine (C=N–C) groups is 1. The fraction of sp³-hybridized carbons (Fsp3) is 0.400. The maximum Gasteiger partial charge on any atom is 0.204 e.